The van der Waals surface area contributed by atoms with Crippen molar-refractivity contribution in [3.05, 3.63) is 23.8 Å². The van der Waals surface area contributed by atoms with Crippen molar-refractivity contribution in [2.45, 2.75) is 26.0 Å². The molecule has 0 aliphatic carbocycles. The van der Waals surface area contributed by atoms with E-state index in [9.17, 15) is 9.90 Å². The molecule has 1 amide bonds. The first-order chi connectivity index (χ1) is 10.5. The van der Waals surface area contributed by atoms with Gasteiger partial charge in [0.15, 0.2) is 5.75 Å². The Balaban J connectivity index is 2.48. The van der Waals surface area contributed by atoms with Gasteiger partial charge in [-0.05, 0) is 26.1 Å². The predicted molar refractivity (Wildman–Crippen MR) is 85.9 cm³/mol. The number of nitrogens with zero attached hydrogens (tertiary/aromatic N) is 1. The molecule has 1 aliphatic heterocycles. The molecule has 0 spiro atoms. The van der Waals surface area contributed by atoms with E-state index >= 15 is 0 Å². The summed E-state index contributed by atoms with van der Waals surface area (Å²) < 4.78 is 6.06. The molecule has 3 atom stereocenters. The summed E-state index contributed by atoms with van der Waals surface area (Å²) in [7, 11) is 1.86. The number of amides is 1. The van der Waals surface area contributed by atoms with Gasteiger partial charge in [-0.15, -0.1) is 0 Å². The first-order valence-electron chi connectivity index (χ1n) is 7.61. The first-order valence-corrected chi connectivity index (χ1v) is 7.61. The van der Waals surface area contributed by atoms with Gasteiger partial charge in [0.05, 0.1) is 23.9 Å². The second-order valence-electron chi connectivity index (χ2n) is 5.90. The lowest BCUT2D eigenvalue weighted by Gasteiger charge is -2.37. The van der Waals surface area contributed by atoms with E-state index in [1.165, 1.54) is 0 Å². The first kappa shape index (κ1) is 16.6. The summed E-state index contributed by atoms with van der Waals surface area (Å²) in [6.45, 7) is 4.99. The molecule has 0 bridgehead atoms. The minimum atomic E-state index is -0.252. The zero-order valence-corrected chi connectivity index (χ0v) is 13.4. The Morgan fingerprint density at radius 3 is 2.91 bits per heavy atom. The Morgan fingerprint density at radius 2 is 2.27 bits per heavy atom. The average Bonchev–Trinajstić information content (AvgIpc) is 2.51. The van der Waals surface area contributed by atoms with Gasteiger partial charge in [0.1, 0.15) is 6.10 Å². The number of ether oxygens (including phenoxy) is 1. The van der Waals surface area contributed by atoms with E-state index in [0.717, 1.165) is 0 Å². The van der Waals surface area contributed by atoms with E-state index in [1.54, 1.807) is 23.1 Å². The number of likely N-dealkylation sites (N-methyl/N-ethyl adjacent to an activating group) is 1. The van der Waals surface area contributed by atoms with Crippen LogP contribution in [0.1, 0.15) is 24.2 Å². The molecule has 0 aromatic heterocycles. The van der Waals surface area contributed by atoms with Gasteiger partial charge in [0.2, 0.25) is 0 Å². The van der Waals surface area contributed by atoms with Gasteiger partial charge in [-0.1, -0.05) is 13.0 Å². The molecule has 1 aliphatic rings. The van der Waals surface area contributed by atoms with Crippen molar-refractivity contribution in [2.75, 3.05) is 32.5 Å². The quantitative estimate of drug-likeness (QED) is 0.713. The molecular formula is C16H25N3O3. The van der Waals surface area contributed by atoms with Crippen LogP contribution in [0.25, 0.3) is 0 Å². The number of benzene rings is 1. The van der Waals surface area contributed by atoms with Crippen molar-refractivity contribution in [1.82, 2.24) is 10.2 Å². The third-order valence-corrected chi connectivity index (χ3v) is 4.13. The summed E-state index contributed by atoms with van der Waals surface area (Å²) in [5, 5.41) is 12.6. The molecule has 0 unspecified atom stereocenters. The Hall–Kier alpha value is -1.79. The second-order valence-corrected chi connectivity index (χ2v) is 5.90. The molecule has 0 radical (unpaired) electrons. The highest BCUT2D eigenvalue weighted by atomic mass is 16.5. The summed E-state index contributed by atoms with van der Waals surface area (Å²) in [6.07, 6.45) is -0.102. The second kappa shape index (κ2) is 6.98. The van der Waals surface area contributed by atoms with Gasteiger partial charge in [-0.2, -0.15) is 0 Å². The SMILES string of the molecule is CNC[C@@H]1Oc2c(N)cccc2C(=O)N([C@H](C)CO)C[C@H]1C. The van der Waals surface area contributed by atoms with Crippen molar-refractivity contribution < 1.29 is 14.6 Å². The van der Waals surface area contributed by atoms with Crippen LogP contribution in [0.3, 0.4) is 0 Å². The number of aliphatic hydroxyl groups is 1. The molecule has 0 saturated heterocycles. The molecule has 2 rings (SSSR count). The molecule has 1 aromatic rings. The number of nitrogen functional groups attached to an aromatic ring is 1. The van der Waals surface area contributed by atoms with E-state index < -0.39 is 0 Å². The van der Waals surface area contributed by atoms with Crippen molar-refractivity contribution in [3.63, 3.8) is 0 Å². The topological polar surface area (TPSA) is 87.8 Å². The predicted octanol–water partition coefficient (Wildman–Crippen LogP) is 0.708. The van der Waals surface area contributed by atoms with Gasteiger partial charge >= 0.3 is 0 Å². The lowest BCUT2D eigenvalue weighted by Crippen LogP contribution is -2.49. The van der Waals surface area contributed by atoms with Crippen molar-refractivity contribution in [2.24, 2.45) is 5.92 Å². The molecule has 0 saturated carbocycles. The highest BCUT2D eigenvalue weighted by Gasteiger charge is 2.33. The number of carbonyl (C=O) groups excluding carboxylic acids is 1. The largest absolute Gasteiger partial charge is 0.486 e. The molecule has 0 fully saturated rings. The number of rotatable bonds is 4. The molecule has 22 heavy (non-hydrogen) atoms. The summed E-state index contributed by atoms with van der Waals surface area (Å²) in [5.74, 6) is 0.395. The Bertz CT molecular complexity index is 535. The molecule has 6 nitrogen and oxygen atoms in total. The molecule has 6 heteroatoms. The normalized spacial score (nSPS) is 23.3. The Morgan fingerprint density at radius 1 is 1.55 bits per heavy atom. The number of hydrogen-bond donors (Lipinski definition) is 3. The van der Waals surface area contributed by atoms with Gasteiger partial charge in [0, 0.05) is 19.0 Å². The number of fused-ring (bicyclic) bond motifs is 1. The van der Waals surface area contributed by atoms with Crippen LogP contribution in [-0.2, 0) is 0 Å². The summed E-state index contributed by atoms with van der Waals surface area (Å²) in [6, 6.07) is 4.94. The van der Waals surface area contributed by atoms with Crippen LogP contribution in [0.2, 0.25) is 0 Å². The van der Waals surface area contributed by atoms with Crippen molar-refractivity contribution in [3.8, 4) is 5.75 Å². The molecule has 1 aromatic carbocycles. The fourth-order valence-electron chi connectivity index (χ4n) is 2.71. The van der Waals surface area contributed by atoms with E-state index in [4.69, 9.17) is 10.5 Å². The maximum atomic E-state index is 12.8. The highest BCUT2D eigenvalue weighted by Crippen LogP contribution is 2.32. The highest BCUT2D eigenvalue weighted by molar-refractivity contribution is 5.99. The smallest absolute Gasteiger partial charge is 0.258 e. The minimum absolute atomic E-state index is 0.0757. The van der Waals surface area contributed by atoms with Gasteiger partial charge in [-0.3, -0.25) is 4.79 Å². The van der Waals surface area contributed by atoms with E-state index in [1.807, 2.05) is 20.9 Å². The van der Waals surface area contributed by atoms with E-state index in [-0.39, 0.29) is 30.6 Å². The number of nitrogens with two attached hydrogens (primary N) is 1. The van der Waals surface area contributed by atoms with Crippen molar-refractivity contribution >= 4 is 11.6 Å². The van der Waals surface area contributed by atoms with Gasteiger partial charge < -0.3 is 25.8 Å². The number of nitrogens with one attached hydrogen (secondary N) is 1. The monoisotopic (exact) mass is 307 g/mol. The maximum Gasteiger partial charge on any atom is 0.258 e. The van der Waals surface area contributed by atoms with Crippen LogP contribution in [0.4, 0.5) is 5.69 Å². The standard InChI is InChI=1S/C16H25N3O3/c1-10-8-19(11(2)9-20)16(21)12-5-4-6-13(17)15(12)22-14(10)7-18-3/h4-6,10-11,14,18,20H,7-9,17H2,1-3H3/t10-,11-,14+/m1/s1. The zero-order chi connectivity index (χ0) is 16.3. The van der Waals surface area contributed by atoms with Crippen LogP contribution in [0.15, 0.2) is 18.2 Å². The van der Waals surface area contributed by atoms with E-state index in [2.05, 4.69) is 5.32 Å². The van der Waals surface area contributed by atoms with Gasteiger partial charge in [0.25, 0.3) is 5.91 Å². The summed E-state index contributed by atoms with van der Waals surface area (Å²) in [4.78, 5) is 14.5. The minimum Gasteiger partial charge on any atom is -0.486 e. The molecular weight excluding hydrogens is 282 g/mol. The average molecular weight is 307 g/mol. The fourth-order valence-corrected chi connectivity index (χ4v) is 2.71. The molecule has 4 N–H and O–H groups in total. The number of aliphatic hydroxyl groups excluding tert-OH is 1. The summed E-state index contributed by atoms with van der Waals surface area (Å²) in [5.41, 5.74) is 6.92. The van der Waals surface area contributed by atoms with Gasteiger partial charge in [-0.25, -0.2) is 0 Å². The van der Waals surface area contributed by atoms with Crippen LogP contribution < -0.4 is 15.8 Å². The molecule has 1 heterocycles. The third kappa shape index (κ3) is 3.18. The Kier molecular flexibility index (Phi) is 5.26. The van der Waals surface area contributed by atoms with E-state index in [0.29, 0.717) is 30.1 Å². The lowest BCUT2D eigenvalue weighted by atomic mass is 9.99. The van der Waals surface area contributed by atoms with Crippen LogP contribution in [0.5, 0.6) is 5.75 Å². The summed E-state index contributed by atoms with van der Waals surface area (Å²) >= 11 is 0. The fraction of sp³-hybridized carbons (Fsp3) is 0.562. The number of hydrogen-bond acceptors (Lipinski definition) is 5. The zero-order valence-electron chi connectivity index (χ0n) is 13.4. The maximum absolute atomic E-state index is 12.8. The van der Waals surface area contributed by atoms with Crippen molar-refractivity contribution in [1.29, 1.82) is 0 Å². The lowest BCUT2D eigenvalue weighted by molar-refractivity contribution is 0.0417. The number of anilines is 1. The van der Waals surface area contributed by atoms with Crippen LogP contribution >= 0.6 is 0 Å². The Labute approximate surface area is 131 Å². The molecule has 122 valence electrons. The third-order valence-electron chi connectivity index (χ3n) is 4.13. The number of para-hydroxylation sites is 1. The van der Waals surface area contributed by atoms with Crippen LogP contribution in [-0.4, -0.2) is 54.8 Å². The van der Waals surface area contributed by atoms with Crippen LogP contribution in [0, 0.1) is 5.92 Å². The number of carbonyl (C=O) groups is 1.